The van der Waals surface area contributed by atoms with Crippen LogP contribution in [0.3, 0.4) is 0 Å². The highest BCUT2D eigenvalue weighted by Crippen LogP contribution is 2.23. The molecular formula is C12H21N3O2. The van der Waals surface area contributed by atoms with Crippen molar-refractivity contribution in [2.45, 2.75) is 40.0 Å². The molecule has 0 aliphatic carbocycles. The maximum Gasteiger partial charge on any atom is 0.321 e. The SMILES string of the molecule is CC(C)CNC(=O)Nc1cc(C(C)(C)C)no1. The number of aromatic nitrogens is 1. The molecule has 0 unspecified atom stereocenters. The third-order valence-electron chi connectivity index (χ3n) is 2.19. The molecule has 0 saturated heterocycles. The van der Waals surface area contributed by atoms with Gasteiger partial charge in [-0.15, -0.1) is 0 Å². The van der Waals surface area contributed by atoms with E-state index < -0.39 is 0 Å². The fourth-order valence-corrected chi connectivity index (χ4v) is 1.14. The standard InChI is InChI=1S/C12H21N3O2/c1-8(2)7-13-11(16)14-10-6-9(15-17-10)12(3,4)5/h6,8H,7H2,1-5H3,(H2,13,14,16). The highest BCUT2D eigenvalue weighted by atomic mass is 16.5. The van der Waals surface area contributed by atoms with Crippen LogP contribution in [-0.4, -0.2) is 17.7 Å². The summed E-state index contributed by atoms with van der Waals surface area (Å²) in [5, 5.41) is 9.27. The predicted molar refractivity (Wildman–Crippen MR) is 67.1 cm³/mol. The summed E-state index contributed by atoms with van der Waals surface area (Å²) in [6, 6.07) is 1.48. The van der Waals surface area contributed by atoms with Gasteiger partial charge >= 0.3 is 6.03 Å². The molecule has 5 heteroatoms. The molecule has 0 aliphatic rings. The van der Waals surface area contributed by atoms with E-state index >= 15 is 0 Å². The molecule has 0 aromatic carbocycles. The summed E-state index contributed by atoms with van der Waals surface area (Å²) in [5.41, 5.74) is 0.731. The molecule has 0 fully saturated rings. The molecule has 5 nitrogen and oxygen atoms in total. The summed E-state index contributed by atoms with van der Waals surface area (Å²) in [5.74, 6) is 0.789. The number of urea groups is 1. The molecule has 0 bridgehead atoms. The van der Waals surface area contributed by atoms with Crippen LogP contribution in [0, 0.1) is 5.92 Å². The van der Waals surface area contributed by atoms with Gasteiger partial charge in [0.05, 0.1) is 5.69 Å². The Bertz CT molecular complexity index is 377. The van der Waals surface area contributed by atoms with Gasteiger partial charge in [-0.25, -0.2) is 4.79 Å². The first-order valence-corrected chi connectivity index (χ1v) is 5.81. The minimum Gasteiger partial charge on any atom is -0.338 e. The highest BCUT2D eigenvalue weighted by molar-refractivity contribution is 5.87. The Labute approximate surface area is 102 Å². The summed E-state index contributed by atoms with van der Waals surface area (Å²) in [7, 11) is 0. The first-order chi connectivity index (χ1) is 7.79. The van der Waals surface area contributed by atoms with Gasteiger partial charge in [-0.1, -0.05) is 39.8 Å². The lowest BCUT2D eigenvalue weighted by Gasteiger charge is -2.12. The monoisotopic (exact) mass is 239 g/mol. The van der Waals surface area contributed by atoms with Gasteiger partial charge in [-0.2, -0.15) is 0 Å². The lowest BCUT2D eigenvalue weighted by Crippen LogP contribution is -2.31. The van der Waals surface area contributed by atoms with E-state index in [0.717, 1.165) is 5.69 Å². The molecule has 0 aliphatic heterocycles. The quantitative estimate of drug-likeness (QED) is 0.852. The van der Waals surface area contributed by atoms with Crippen molar-refractivity contribution < 1.29 is 9.32 Å². The van der Waals surface area contributed by atoms with Crippen LogP contribution in [0.15, 0.2) is 10.6 Å². The van der Waals surface area contributed by atoms with Crippen molar-refractivity contribution in [3.8, 4) is 0 Å². The Hall–Kier alpha value is -1.52. The van der Waals surface area contributed by atoms with Crippen LogP contribution < -0.4 is 10.6 Å². The fourth-order valence-electron chi connectivity index (χ4n) is 1.14. The third kappa shape index (κ3) is 4.46. The summed E-state index contributed by atoms with van der Waals surface area (Å²) < 4.78 is 5.05. The van der Waals surface area contributed by atoms with Gasteiger partial charge < -0.3 is 9.84 Å². The number of hydrogen-bond donors (Lipinski definition) is 2. The molecule has 0 radical (unpaired) electrons. The summed E-state index contributed by atoms with van der Waals surface area (Å²) >= 11 is 0. The van der Waals surface area contributed by atoms with E-state index in [9.17, 15) is 4.79 Å². The molecule has 0 spiro atoms. The zero-order valence-electron chi connectivity index (χ0n) is 11.1. The number of carbonyl (C=O) groups excluding carboxylic acids is 1. The average Bonchev–Trinajstić information content (AvgIpc) is 2.62. The maximum atomic E-state index is 11.5. The van der Waals surface area contributed by atoms with E-state index in [4.69, 9.17) is 4.52 Å². The normalized spacial score (nSPS) is 11.6. The highest BCUT2D eigenvalue weighted by Gasteiger charge is 2.19. The number of nitrogens with zero attached hydrogens (tertiary/aromatic N) is 1. The molecule has 17 heavy (non-hydrogen) atoms. The smallest absolute Gasteiger partial charge is 0.321 e. The fraction of sp³-hybridized carbons (Fsp3) is 0.667. The molecule has 0 saturated carbocycles. The van der Waals surface area contributed by atoms with Crippen molar-refractivity contribution in [2.24, 2.45) is 5.92 Å². The number of nitrogens with one attached hydrogen (secondary N) is 2. The van der Waals surface area contributed by atoms with Gasteiger partial charge in [0.25, 0.3) is 0 Å². The first-order valence-electron chi connectivity index (χ1n) is 5.81. The predicted octanol–water partition coefficient (Wildman–Crippen LogP) is 2.75. The van der Waals surface area contributed by atoms with E-state index in [1.54, 1.807) is 6.07 Å². The number of carbonyl (C=O) groups is 1. The van der Waals surface area contributed by atoms with Crippen molar-refractivity contribution in [2.75, 3.05) is 11.9 Å². The van der Waals surface area contributed by atoms with E-state index in [1.807, 2.05) is 34.6 Å². The molecule has 0 atom stereocenters. The van der Waals surface area contributed by atoms with Gasteiger partial charge in [-0.3, -0.25) is 5.32 Å². The molecule has 1 heterocycles. The second kappa shape index (κ2) is 5.21. The first kappa shape index (κ1) is 13.5. The zero-order chi connectivity index (χ0) is 13.1. The lowest BCUT2D eigenvalue weighted by molar-refractivity contribution is 0.250. The van der Waals surface area contributed by atoms with Crippen molar-refractivity contribution in [3.63, 3.8) is 0 Å². The average molecular weight is 239 g/mol. The van der Waals surface area contributed by atoms with Gasteiger partial charge in [0.15, 0.2) is 0 Å². The lowest BCUT2D eigenvalue weighted by atomic mass is 9.92. The summed E-state index contributed by atoms with van der Waals surface area (Å²) in [4.78, 5) is 11.5. The second-order valence-electron chi connectivity index (χ2n) is 5.56. The zero-order valence-corrected chi connectivity index (χ0v) is 11.1. The maximum absolute atomic E-state index is 11.5. The largest absolute Gasteiger partial charge is 0.338 e. The van der Waals surface area contributed by atoms with E-state index in [-0.39, 0.29) is 11.4 Å². The summed E-state index contributed by atoms with van der Waals surface area (Å²) in [6.45, 7) is 10.8. The van der Waals surface area contributed by atoms with Crippen molar-refractivity contribution >= 4 is 11.9 Å². The van der Waals surface area contributed by atoms with Crippen molar-refractivity contribution in [3.05, 3.63) is 11.8 Å². The molecule has 1 aromatic rings. The van der Waals surface area contributed by atoms with Crippen LogP contribution in [0.25, 0.3) is 0 Å². The second-order valence-corrected chi connectivity index (χ2v) is 5.56. The van der Waals surface area contributed by atoms with Crippen molar-refractivity contribution in [1.29, 1.82) is 0 Å². The third-order valence-corrected chi connectivity index (χ3v) is 2.19. The number of rotatable bonds is 3. The topological polar surface area (TPSA) is 67.2 Å². The molecule has 2 N–H and O–H groups in total. The van der Waals surface area contributed by atoms with Crippen LogP contribution in [-0.2, 0) is 5.41 Å². The van der Waals surface area contributed by atoms with Crippen LogP contribution in [0.5, 0.6) is 0 Å². The molecule has 1 rings (SSSR count). The molecular weight excluding hydrogens is 218 g/mol. The van der Waals surface area contributed by atoms with Crippen molar-refractivity contribution in [1.82, 2.24) is 10.5 Å². The van der Waals surface area contributed by atoms with Gasteiger partial charge in [0.2, 0.25) is 5.88 Å². The van der Waals surface area contributed by atoms with Crippen LogP contribution in [0.2, 0.25) is 0 Å². The van der Waals surface area contributed by atoms with Crippen LogP contribution in [0.4, 0.5) is 10.7 Å². The Kier molecular flexibility index (Phi) is 4.15. The minimum atomic E-state index is -0.268. The van der Waals surface area contributed by atoms with E-state index in [1.165, 1.54) is 0 Å². The van der Waals surface area contributed by atoms with Gasteiger partial charge in [0, 0.05) is 18.0 Å². The summed E-state index contributed by atoms with van der Waals surface area (Å²) in [6.07, 6.45) is 0. The molecule has 96 valence electrons. The number of anilines is 1. The minimum absolute atomic E-state index is 0.0855. The Morgan fingerprint density at radius 1 is 1.47 bits per heavy atom. The Balaban J connectivity index is 2.52. The van der Waals surface area contributed by atoms with E-state index in [0.29, 0.717) is 18.3 Å². The molecule has 1 aromatic heterocycles. The Morgan fingerprint density at radius 2 is 2.12 bits per heavy atom. The number of amides is 2. The number of hydrogen-bond acceptors (Lipinski definition) is 3. The molecule has 2 amide bonds. The van der Waals surface area contributed by atoms with Crippen LogP contribution in [0.1, 0.15) is 40.3 Å². The van der Waals surface area contributed by atoms with E-state index in [2.05, 4.69) is 15.8 Å². The van der Waals surface area contributed by atoms with Crippen LogP contribution >= 0.6 is 0 Å². The van der Waals surface area contributed by atoms with Gasteiger partial charge in [-0.05, 0) is 5.92 Å². The van der Waals surface area contributed by atoms with Gasteiger partial charge in [0.1, 0.15) is 0 Å². The Morgan fingerprint density at radius 3 is 2.59 bits per heavy atom.